The number of rotatable bonds is 3. The fourth-order valence-electron chi connectivity index (χ4n) is 2.12. The van der Waals surface area contributed by atoms with Crippen LogP contribution in [0.15, 0.2) is 24.3 Å². The van der Waals surface area contributed by atoms with Crippen molar-refractivity contribution < 1.29 is 0 Å². The Hall–Kier alpha value is -1.75. The normalized spacial score (nSPS) is 11.6. The van der Waals surface area contributed by atoms with Gasteiger partial charge in [-0.2, -0.15) is 5.26 Å². The van der Waals surface area contributed by atoms with Gasteiger partial charge >= 0.3 is 0 Å². The Morgan fingerprint density at radius 2 is 2.06 bits per heavy atom. The van der Waals surface area contributed by atoms with E-state index < -0.39 is 0 Å². The lowest BCUT2D eigenvalue weighted by molar-refractivity contribution is 0.476. The number of fused-ring (bicyclic) bond motifs is 1. The van der Waals surface area contributed by atoms with Crippen LogP contribution < -0.4 is 0 Å². The molecule has 2 heteroatoms. The predicted molar refractivity (Wildman–Crippen MR) is 70.9 cm³/mol. The molecule has 0 aliphatic heterocycles. The molecule has 0 saturated heterocycles. The highest BCUT2D eigenvalue weighted by molar-refractivity contribution is 5.81. The van der Waals surface area contributed by atoms with E-state index in [0.29, 0.717) is 6.42 Å². The van der Waals surface area contributed by atoms with Gasteiger partial charge in [-0.1, -0.05) is 25.5 Å². The monoisotopic (exact) mass is 226 g/mol. The van der Waals surface area contributed by atoms with Crippen molar-refractivity contribution in [3.63, 3.8) is 0 Å². The van der Waals surface area contributed by atoms with Crippen LogP contribution in [0, 0.1) is 18.3 Å². The number of nitriles is 1. The molecule has 0 unspecified atom stereocenters. The van der Waals surface area contributed by atoms with Gasteiger partial charge in [0.05, 0.1) is 6.07 Å². The molecule has 1 aromatic heterocycles. The minimum atomic E-state index is 0.0304. The maximum Gasteiger partial charge on any atom is 0.0622 e. The summed E-state index contributed by atoms with van der Waals surface area (Å²) in [6, 6.07) is 10.9. The van der Waals surface area contributed by atoms with Gasteiger partial charge < -0.3 is 4.98 Å². The summed E-state index contributed by atoms with van der Waals surface area (Å²) in [5.41, 5.74) is 3.70. The number of aromatic nitrogens is 1. The zero-order valence-electron chi connectivity index (χ0n) is 10.7. The molecule has 0 aliphatic carbocycles. The first-order chi connectivity index (χ1) is 8.03. The molecule has 2 nitrogen and oxygen atoms in total. The molecular weight excluding hydrogens is 208 g/mol. The van der Waals surface area contributed by atoms with Crippen LogP contribution in [0.25, 0.3) is 10.9 Å². The van der Waals surface area contributed by atoms with E-state index in [-0.39, 0.29) is 5.41 Å². The Kier molecular flexibility index (Phi) is 2.93. The van der Waals surface area contributed by atoms with E-state index in [1.54, 1.807) is 0 Å². The maximum absolute atomic E-state index is 8.69. The van der Waals surface area contributed by atoms with Gasteiger partial charge in [-0.3, -0.25) is 0 Å². The van der Waals surface area contributed by atoms with E-state index in [1.807, 2.05) is 0 Å². The minimum Gasteiger partial charge on any atom is -0.358 e. The smallest absolute Gasteiger partial charge is 0.0622 e. The quantitative estimate of drug-likeness (QED) is 0.842. The molecule has 1 N–H and O–H groups in total. The van der Waals surface area contributed by atoms with E-state index in [9.17, 15) is 0 Å². The van der Waals surface area contributed by atoms with Crippen molar-refractivity contribution in [3.8, 4) is 6.07 Å². The molecule has 88 valence electrons. The molecule has 0 aliphatic rings. The number of nitrogens with one attached hydrogen (secondary N) is 1. The van der Waals surface area contributed by atoms with Crippen molar-refractivity contribution in [1.29, 1.82) is 5.26 Å². The van der Waals surface area contributed by atoms with Crippen molar-refractivity contribution in [2.45, 2.75) is 39.0 Å². The minimum absolute atomic E-state index is 0.0304. The van der Waals surface area contributed by atoms with Gasteiger partial charge in [-0.15, -0.1) is 0 Å². The second kappa shape index (κ2) is 4.25. The highest BCUT2D eigenvalue weighted by Gasteiger charge is 2.22. The summed E-state index contributed by atoms with van der Waals surface area (Å²) in [6.07, 6.45) is 1.48. The summed E-state index contributed by atoms with van der Waals surface area (Å²) >= 11 is 0. The first-order valence-corrected chi connectivity index (χ1v) is 6.00. The Bertz CT molecular complexity index is 570. The largest absolute Gasteiger partial charge is 0.358 e. The van der Waals surface area contributed by atoms with Gasteiger partial charge in [0, 0.05) is 23.0 Å². The zero-order valence-corrected chi connectivity index (χ0v) is 10.7. The summed E-state index contributed by atoms with van der Waals surface area (Å²) in [5, 5.41) is 9.95. The third-order valence-corrected chi connectivity index (χ3v) is 3.37. The lowest BCUT2D eigenvalue weighted by Gasteiger charge is -2.21. The van der Waals surface area contributed by atoms with Gasteiger partial charge in [-0.05, 0) is 36.9 Å². The second-order valence-electron chi connectivity index (χ2n) is 5.32. The second-order valence-corrected chi connectivity index (χ2v) is 5.32. The van der Waals surface area contributed by atoms with E-state index in [0.717, 1.165) is 6.42 Å². The Balaban J connectivity index is 2.39. The number of aryl methyl sites for hydroxylation is 1. The fraction of sp³-hybridized carbons (Fsp3) is 0.400. The molecule has 0 spiro atoms. The Morgan fingerprint density at radius 3 is 2.76 bits per heavy atom. The third kappa shape index (κ3) is 2.34. The molecule has 1 aromatic carbocycles. The van der Waals surface area contributed by atoms with E-state index in [2.05, 4.69) is 56.1 Å². The number of hydrogen-bond donors (Lipinski definition) is 1. The number of benzene rings is 1. The summed E-state index contributed by atoms with van der Waals surface area (Å²) < 4.78 is 0. The summed E-state index contributed by atoms with van der Waals surface area (Å²) in [4.78, 5) is 3.46. The first-order valence-electron chi connectivity index (χ1n) is 6.00. The molecule has 0 atom stereocenters. The zero-order chi connectivity index (χ0) is 12.5. The highest BCUT2D eigenvalue weighted by Crippen LogP contribution is 2.30. The van der Waals surface area contributed by atoms with Crippen molar-refractivity contribution in [3.05, 3.63) is 35.5 Å². The van der Waals surface area contributed by atoms with Crippen LogP contribution in [0.4, 0.5) is 0 Å². The molecule has 0 radical (unpaired) electrons. The topological polar surface area (TPSA) is 39.6 Å². The molecule has 0 saturated carbocycles. The van der Waals surface area contributed by atoms with Gasteiger partial charge in [0.2, 0.25) is 0 Å². The first kappa shape index (κ1) is 11.7. The molecule has 2 rings (SSSR count). The standard InChI is InChI=1S/C15H18N2/c1-11-5-6-13-12(9-11)10-14(17-13)15(2,3)7-4-8-16/h5-6,9-10,17H,4,7H2,1-3H3. The molecular formula is C15H18N2. The fourth-order valence-corrected chi connectivity index (χ4v) is 2.12. The van der Waals surface area contributed by atoms with Crippen molar-refractivity contribution in [1.82, 2.24) is 4.98 Å². The lowest BCUT2D eigenvalue weighted by atomic mass is 9.84. The third-order valence-electron chi connectivity index (χ3n) is 3.37. The average molecular weight is 226 g/mol. The summed E-state index contributed by atoms with van der Waals surface area (Å²) in [7, 11) is 0. The number of nitrogens with zero attached hydrogens (tertiary/aromatic N) is 1. The van der Waals surface area contributed by atoms with E-state index >= 15 is 0 Å². The summed E-state index contributed by atoms with van der Waals surface area (Å²) in [6.45, 7) is 6.47. The van der Waals surface area contributed by atoms with Gasteiger partial charge in [-0.25, -0.2) is 0 Å². The SMILES string of the molecule is Cc1ccc2[nH]c(C(C)(C)CCC#N)cc2c1. The Labute approximate surface area is 102 Å². The molecule has 2 aromatic rings. The van der Waals surface area contributed by atoms with Crippen LogP contribution in [-0.4, -0.2) is 4.98 Å². The van der Waals surface area contributed by atoms with Crippen LogP contribution in [-0.2, 0) is 5.41 Å². The van der Waals surface area contributed by atoms with E-state index in [4.69, 9.17) is 5.26 Å². The molecule has 1 heterocycles. The van der Waals surface area contributed by atoms with Crippen LogP contribution in [0.1, 0.15) is 37.9 Å². The molecule has 0 amide bonds. The average Bonchev–Trinajstić information content (AvgIpc) is 2.70. The van der Waals surface area contributed by atoms with Crippen LogP contribution in [0.5, 0.6) is 0 Å². The molecule has 17 heavy (non-hydrogen) atoms. The van der Waals surface area contributed by atoms with Crippen LogP contribution >= 0.6 is 0 Å². The van der Waals surface area contributed by atoms with E-state index in [1.165, 1.54) is 22.2 Å². The molecule has 0 fully saturated rings. The van der Waals surface area contributed by atoms with Crippen LogP contribution in [0.2, 0.25) is 0 Å². The molecule has 0 bridgehead atoms. The van der Waals surface area contributed by atoms with Gasteiger partial charge in [0.15, 0.2) is 0 Å². The van der Waals surface area contributed by atoms with Crippen molar-refractivity contribution >= 4 is 10.9 Å². The van der Waals surface area contributed by atoms with Gasteiger partial charge in [0.25, 0.3) is 0 Å². The number of H-pyrrole nitrogens is 1. The Morgan fingerprint density at radius 1 is 1.29 bits per heavy atom. The number of hydrogen-bond acceptors (Lipinski definition) is 1. The van der Waals surface area contributed by atoms with Crippen molar-refractivity contribution in [2.75, 3.05) is 0 Å². The van der Waals surface area contributed by atoms with Gasteiger partial charge in [0.1, 0.15) is 0 Å². The van der Waals surface area contributed by atoms with Crippen LogP contribution in [0.3, 0.4) is 0 Å². The van der Waals surface area contributed by atoms with Crippen molar-refractivity contribution in [2.24, 2.45) is 0 Å². The summed E-state index contributed by atoms with van der Waals surface area (Å²) in [5.74, 6) is 0. The lowest BCUT2D eigenvalue weighted by Crippen LogP contribution is -2.17. The predicted octanol–water partition coefficient (Wildman–Crippen LogP) is 4.06. The highest BCUT2D eigenvalue weighted by atomic mass is 14.7. The maximum atomic E-state index is 8.69. The number of aromatic amines is 1.